The van der Waals surface area contributed by atoms with Crippen LogP contribution in [-0.4, -0.2) is 0 Å². The molecule has 0 aliphatic rings. The van der Waals surface area contributed by atoms with Crippen LogP contribution in [0, 0.1) is 35.7 Å². The van der Waals surface area contributed by atoms with Crippen molar-refractivity contribution in [3.63, 3.8) is 0 Å². The third-order valence-electron chi connectivity index (χ3n) is 2.92. The Labute approximate surface area is 114 Å². The lowest BCUT2D eigenvalue weighted by atomic mass is 10.1. The predicted octanol–water partition coefficient (Wildman–Crippen LogP) is 4.09. The summed E-state index contributed by atoms with van der Waals surface area (Å²) in [6.07, 6.45) is 0. The highest BCUT2D eigenvalue weighted by Crippen LogP contribution is 2.25. The van der Waals surface area contributed by atoms with Crippen LogP contribution in [0.5, 0.6) is 0 Å². The highest BCUT2D eigenvalue weighted by Gasteiger charge is 2.19. The molecule has 0 saturated heterocycles. The second kappa shape index (κ2) is 5.66. The Kier molecular flexibility index (Phi) is 3.94. The van der Waals surface area contributed by atoms with Gasteiger partial charge in [-0.1, -0.05) is 18.2 Å². The Hall–Kier alpha value is -2.48. The van der Waals surface area contributed by atoms with Crippen molar-refractivity contribution >= 4 is 5.69 Å². The van der Waals surface area contributed by atoms with Gasteiger partial charge in [0.25, 0.3) is 0 Å². The minimum atomic E-state index is -1.28. The molecule has 0 amide bonds. The van der Waals surface area contributed by atoms with Gasteiger partial charge in [0.1, 0.15) is 11.9 Å². The Balaban J connectivity index is 2.37. The summed E-state index contributed by atoms with van der Waals surface area (Å²) in [7, 11) is 0. The number of hydrogen-bond donors (Lipinski definition) is 1. The largest absolute Gasteiger partial charge is 0.366 e. The van der Waals surface area contributed by atoms with Crippen LogP contribution in [0.15, 0.2) is 36.4 Å². The number of rotatable bonds is 3. The van der Waals surface area contributed by atoms with E-state index >= 15 is 0 Å². The average molecular weight is 276 g/mol. The van der Waals surface area contributed by atoms with Gasteiger partial charge in [-0.3, -0.25) is 0 Å². The molecule has 0 heterocycles. The van der Waals surface area contributed by atoms with Gasteiger partial charge in [-0.15, -0.1) is 0 Å². The van der Waals surface area contributed by atoms with Crippen molar-refractivity contribution in [2.45, 2.75) is 13.0 Å². The number of nitrogens with zero attached hydrogens (tertiary/aromatic N) is 1. The normalized spacial score (nSPS) is 11.8. The van der Waals surface area contributed by atoms with E-state index in [1.807, 2.05) is 25.1 Å². The summed E-state index contributed by atoms with van der Waals surface area (Å²) in [6, 6.07) is 8.99. The summed E-state index contributed by atoms with van der Waals surface area (Å²) in [5, 5.41) is 11.9. The van der Waals surface area contributed by atoms with E-state index < -0.39 is 23.5 Å². The van der Waals surface area contributed by atoms with Crippen molar-refractivity contribution in [3.8, 4) is 6.07 Å². The number of aryl methyl sites for hydroxylation is 1. The fraction of sp³-hybridized carbons (Fsp3) is 0.133. The first-order chi connectivity index (χ1) is 9.52. The number of halogens is 3. The molecule has 102 valence electrons. The van der Waals surface area contributed by atoms with Crippen molar-refractivity contribution < 1.29 is 13.2 Å². The molecule has 5 heteroatoms. The number of benzene rings is 2. The number of para-hydroxylation sites is 1. The van der Waals surface area contributed by atoms with E-state index in [4.69, 9.17) is 5.26 Å². The lowest BCUT2D eigenvalue weighted by molar-refractivity contribution is 0.489. The molecule has 0 fully saturated rings. The maximum absolute atomic E-state index is 13.7. The van der Waals surface area contributed by atoms with E-state index in [1.165, 1.54) is 0 Å². The summed E-state index contributed by atoms with van der Waals surface area (Å²) in [5.41, 5.74) is 1.26. The minimum absolute atomic E-state index is 0.227. The summed E-state index contributed by atoms with van der Waals surface area (Å²) < 4.78 is 39.8. The van der Waals surface area contributed by atoms with Crippen LogP contribution in [0.4, 0.5) is 18.9 Å². The molecule has 1 unspecified atom stereocenters. The molecule has 2 aromatic carbocycles. The fourth-order valence-corrected chi connectivity index (χ4v) is 1.83. The van der Waals surface area contributed by atoms with Crippen LogP contribution < -0.4 is 5.32 Å². The first kappa shape index (κ1) is 13.9. The van der Waals surface area contributed by atoms with E-state index in [-0.39, 0.29) is 5.56 Å². The molecule has 1 atom stereocenters. The third-order valence-corrected chi connectivity index (χ3v) is 2.92. The van der Waals surface area contributed by atoms with Crippen molar-refractivity contribution in [2.24, 2.45) is 0 Å². The zero-order chi connectivity index (χ0) is 14.7. The molecule has 2 aromatic rings. The van der Waals surface area contributed by atoms with Gasteiger partial charge in [0, 0.05) is 17.3 Å². The van der Waals surface area contributed by atoms with Crippen LogP contribution in [0.25, 0.3) is 0 Å². The van der Waals surface area contributed by atoms with Crippen molar-refractivity contribution in [2.75, 3.05) is 5.32 Å². The summed E-state index contributed by atoms with van der Waals surface area (Å²) >= 11 is 0. The zero-order valence-corrected chi connectivity index (χ0v) is 10.6. The molecule has 0 spiro atoms. The minimum Gasteiger partial charge on any atom is -0.366 e. The second-order valence-electron chi connectivity index (χ2n) is 4.31. The molecule has 0 aromatic heterocycles. The lowest BCUT2D eigenvalue weighted by Crippen LogP contribution is -2.12. The van der Waals surface area contributed by atoms with Crippen molar-refractivity contribution in [3.05, 3.63) is 65.0 Å². The zero-order valence-electron chi connectivity index (χ0n) is 10.6. The highest BCUT2D eigenvalue weighted by atomic mass is 19.2. The molecule has 20 heavy (non-hydrogen) atoms. The van der Waals surface area contributed by atoms with Crippen LogP contribution >= 0.6 is 0 Å². The van der Waals surface area contributed by atoms with Gasteiger partial charge in [-0.25, -0.2) is 13.2 Å². The summed E-state index contributed by atoms with van der Waals surface area (Å²) in [6.45, 7) is 1.82. The molecule has 0 radical (unpaired) electrons. The van der Waals surface area contributed by atoms with Crippen LogP contribution in [0.1, 0.15) is 17.2 Å². The maximum Gasteiger partial charge on any atom is 0.161 e. The van der Waals surface area contributed by atoms with E-state index in [0.29, 0.717) is 17.8 Å². The molecular formula is C15H11F3N2. The predicted molar refractivity (Wildman–Crippen MR) is 69.5 cm³/mol. The SMILES string of the molecule is Cc1ccccc1NC(C#N)c1cc(F)c(F)cc1F. The first-order valence-electron chi connectivity index (χ1n) is 5.89. The van der Waals surface area contributed by atoms with Crippen LogP contribution in [0.3, 0.4) is 0 Å². The Bertz CT molecular complexity index is 677. The molecule has 1 N–H and O–H groups in total. The number of anilines is 1. The molecular weight excluding hydrogens is 265 g/mol. The lowest BCUT2D eigenvalue weighted by Gasteiger charge is -2.16. The second-order valence-corrected chi connectivity index (χ2v) is 4.31. The Morgan fingerprint density at radius 3 is 2.35 bits per heavy atom. The molecule has 0 aliphatic heterocycles. The van der Waals surface area contributed by atoms with Gasteiger partial charge in [0.15, 0.2) is 11.6 Å². The van der Waals surface area contributed by atoms with Gasteiger partial charge in [-0.05, 0) is 24.6 Å². The van der Waals surface area contributed by atoms with E-state index in [2.05, 4.69) is 5.32 Å². The van der Waals surface area contributed by atoms with E-state index in [0.717, 1.165) is 5.56 Å². The highest BCUT2D eigenvalue weighted by molar-refractivity contribution is 5.53. The van der Waals surface area contributed by atoms with Crippen molar-refractivity contribution in [1.29, 1.82) is 5.26 Å². The number of nitrogens with one attached hydrogen (secondary N) is 1. The first-order valence-corrected chi connectivity index (χ1v) is 5.89. The topological polar surface area (TPSA) is 35.8 Å². The molecule has 2 rings (SSSR count). The molecule has 0 bridgehead atoms. The van der Waals surface area contributed by atoms with Gasteiger partial charge in [-0.2, -0.15) is 5.26 Å². The number of hydrogen-bond acceptors (Lipinski definition) is 2. The van der Waals surface area contributed by atoms with Crippen LogP contribution in [-0.2, 0) is 0 Å². The maximum atomic E-state index is 13.7. The molecule has 0 saturated carbocycles. The smallest absolute Gasteiger partial charge is 0.161 e. The fourth-order valence-electron chi connectivity index (χ4n) is 1.83. The molecule has 0 aliphatic carbocycles. The van der Waals surface area contributed by atoms with Crippen molar-refractivity contribution in [1.82, 2.24) is 0 Å². The van der Waals surface area contributed by atoms with Gasteiger partial charge in [0.2, 0.25) is 0 Å². The van der Waals surface area contributed by atoms with Gasteiger partial charge >= 0.3 is 0 Å². The van der Waals surface area contributed by atoms with Crippen LogP contribution in [0.2, 0.25) is 0 Å². The Morgan fingerprint density at radius 2 is 1.70 bits per heavy atom. The van der Waals surface area contributed by atoms with Gasteiger partial charge < -0.3 is 5.32 Å². The molecule has 2 nitrogen and oxygen atoms in total. The third kappa shape index (κ3) is 2.75. The van der Waals surface area contributed by atoms with Gasteiger partial charge in [0.05, 0.1) is 6.07 Å². The summed E-state index contributed by atoms with van der Waals surface area (Å²) in [4.78, 5) is 0. The van der Waals surface area contributed by atoms with E-state index in [1.54, 1.807) is 12.1 Å². The summed E-state index contributed by atoms with van der Waals surface area (Å²) in [5.74, 6) is -3.43. The average Bonchev–Trinajstić information content (AvgIpc) is 2.42. The monoisotopic (exact) mass is 276 g/mol. The number of nitriles is 1. The quantitative estimate of drug-likeness (QED) is 0.857. The Morgan fingerprint density at radius 1 is 1.05 bits per heavy atom. The van der Waals surface area contributed by atoms with E-state index in [9.17, 15) is 13.2 Å². The standard InChI is InChI=1S/C15H11F3N2/c1-9-4-2-3-5-14(9)20-15(8-19)10-6-12(17)13(18)7-11(10)16/h2-7,15,20H,1H3.